The van der Waals surface area contributed by atoms with Crippen molar-refractivity contribution < 1.29 is 0 Å². The van der Waals surface area contributed by atoms with Crippen LogP contribution in [0.5, 0.6) is 0 Å². The maximum absolute atomic E-state index is 2.34. The summed E-state index contributed by atoms with van der Waals surface area (Å²) in [6.45, 7) is 0. The third-order valence-corrected chi connectivity index (χ3v) is 11.5. The molecule has 11 aromatic carbocycles. The van der Waals surface area contributed by atoms with E-state index in [0.717, 1.165) is 0 Å². The first-order chi connectivity index (χ1) is 26.8. The summed E-state index contributed by atoms with van der Waals surface area (Å²) < 4.78 is 0. The van der Waals surface area contributed by atoms with Gasteiger partial charge in [-0.25, -0.2) is 0 Å². The van der Waals surface area contributed by atoms with Crippen LogP contribution in [-0.4, -0.2) is 0 Å². The Labute approximate surface area is 314 Å². The predicted molar refractivity (Wildman–Crippen MR) is 232 cm³/mol. The van der Waals surface area contributed by atoms with E-state index >= 15 is 0 Å². The van der Waals surface area contributed by atoms with Crippen molar-refractivity contribution in [3.05, 3.63) is 206 Å². The second kappa shape index (κ2) is 12.3. The highest BCUT2D eigenvalue weighted by atomic mass is 14.2. The molecule has 0 amide bonds. The Kier molecular flexibility index (Phi) is 6.97. The topological polar surface area (TPSA) is 0 Å². The van der Waals surface area contributed by atoms with Gasteiger partial charge in [-0.3, -0.25) is 0 Å². The van der Waals surface area contributed by atoms with Gasteiger partial charge < -0.3 is 0 Å². The highest BCUT2D eigenvalue weighted by molar-refractivity contribution is 6.28. The maximum atomic E-state index is 2.34. The van der Waals surface area contributed by atoms with Crippen molar-refractivity contribution in [3.63, 3.8) is 0 Å². The fourth-order valence-electron chi connectivity index (χ4n) is 8.95. The highest BCUT2D eigenvalue weighted by Crippen LogP contribution is 2.46. The van der Waals surface area contributed by atoms with E-state index in [0.29, 0.717) is 0 Å². The third kappa shape index (κ3) is 4.78. The van der Waals surface area contributed by atoms with Crippen molar-refractivity contribution in [2.24, 2.45) is 0 Å². The summed E-state index contributed by atoms with van der Waals surface area (Å²) in [5.41, 5.74) is 12.5. The predicted octanol–water partition coefficient (Wildman–Crippen LogP) is 15.2. The second-order valence-electron chi connectivity index (χ2n) is 14.4. The van der Waals surface area contributed by atoms with E-state index in [1.54, 1.807) is 0 Å². The van der Waals surface area contributed by atoms with E-state index in [-0.39, 0.29) is 0 Å². The number of fused-ring (bicyclic) bond motifs is 2. The smallest absolute Gasteiger partial charge is 0.00203 e. The summed E-state index contributed by atoms with van der Waals surface area (Å²) in [6.07, 6.45) is 0. The van der Waals surface area contributed by atoms with Crippen molar-refractivity contribution in [1.29, 1.82) is 0 Å². The largest absolute Gasteiger partial charge is 0.0622 e. The number of benzene rings is 11. The molecule has 54 heavy (non-hydrogen) atoms. The van der Waals surface area contributed by atoms with Gasteiger partial charge in [0.05, 0.1) is 0 Å². The van der Waals surface area contributed by atoms with Crippen molar-refractivity contribution in [2.75, 3.05) is 0 Å². The standard InChI is InChI=1S/C54H34/c1-3-11-36(12-4-1)45-19-10-20-49-48(34-33-46(54(45)49)37-13-5-2-6-14-37)47-30-26-41-27-31-50-44(29-25-40-28-32-51(47)53(41)52(40)50)39-23-21-38(22-24-39)43-18-9-16-35-15-7-8-17-42(35)43/h1-34H. The van der Waals surface area contributed by atoms with Crippen molar-refractivity contribution >= 4 is 53.9 Å². The van der Waals surface area contributed by atoms with Gasteiger partial charge in [-0.2, -0.15) is 0 Å². The summed E-state index contributed by atoms with van der Waals surface area (Å²) in [6, 6.07) is 76.0. The minimum atomic E-state index is 1.23. The summed E-state index contributed by atoms with van der Waals surface area (Å²) in [5.74, 6) is 0. The molecule has 0 heteroatoms. The molecule has 0 heterocycles. The van der Waals surface area contributed by atoms with Crippen LogP contribution in [0.1, 0.15) is 0 Å². The second-order valence-corrected chi connectivity index (χ2v) is 14.4. The van der Waals surface area contributed by atoms with E-state index in [1.165, 1.54) is 109 Å². The lowest BCUT2D eigenvalue weighted by atomic mass is 9.84. The zero-order chi connectivity index (χ0) is 35.6. The first kappa shape index (κ1) is 30.6. The minimum absolute atomic E-state index is 1.23. The molecular weight excluding hydrogens is 649 g/mol. The van der Waals surface area contributed by atoms with E-state index in [9.17, 15) is 0 Å². The van der Waals surface area contributed by atoms with Crippen molar-refractivity contribution in [1.82, 2.24) is 0 Å². The Hall–Kier alpha value is -7.02. The van der Waals surface area contributed by atoms with E-state index in [2.05, 4.69) is 206 Å². The van der Waals surface area contributed by atoms with Crippen LogP contribution in [0.25, 0.3) is 109 Å². The summed E-state index contributed by atoms with van der Waals surface area (Å²) >= 11 is 0. The molecule has 0 atom stereocenters. The Morgan fingerprint density at radius 3 is 1.22 bits per heavy atom. The lowest BCUT2D eigenvalue weighted by molar-refractivity contribution is 1.62. The van der Waals surface area contributed by atoms with E-state index in [1.807, 2.05) is 0 Å². The molecule has 0 saturated heterocycles. The molecule has 0 saturated carbocycles. The molecule has 0 spiro atoms. The van der Waals surface area contributed by atoms with Crippen LogP contribution in [-0.2, 0) is 0 Å². The molecule has 0 aliphatic heterocycles. The molecule has 11 rings (SSSR count). The Balaban J connectivity index is 1.10. The van der Waals surface area contributed by atoms with Gasteiger partial charge in [0, 0.05) is 0 Å². The molecule has 11 aromatic rings. The van der Waals surface area contributed by atoms with Gasteiger partial charge in [-0.05, 0) is 109 Å². The molecule has 0 aliphatic carbocycles. The average Bonchev–Trinajstić information content (AvgIpc) is 3.25. The monoisotopic (exact) mass is 682 g/mol. The quantitative estimate of drug-likeness (QED) is 0.159. The molecule has 0 aliphatic rings. The van der Waals surface area contributed by atoms with Crippen LogP contribution in [0.15, 0.2) is 206 Å². The van der Waals surface area contributed by atoms with Crippen LogP contribution < -0.4 is 0 Å². The highest BCUT2D eigenvalue weighted by Gasteiger charge is 2.19. The van der Waals surface area contributed by atoms with Crippen LogP contribution in [0.4, 0.5) is 0 Å². The van der Waals surface area contributed by atoms with Gasteiger partial charge >= 0.3 is 0 Å². The summed E-state index contributed by atoms with van der Waals surface area (Å²) in [5, 5.41) is 12.9. The lowest BCUT2D eigenvalue weighted by Crippen LogP contribution is -1.92. The molecule has 0 radical (unpaired) electrons. The molecule has 0 N–H and O–H groups in total. The molecule has 250 valence electrons. The molecule has 0 bridgehead atoms. The molecular formula is C54H34. The van der Waals surface area contributed by atoms with Gasteiger partial charge in [0.25, 0.3) is 0 Å². The Morgan fingerprint density at radius 2 is 0.556 bits per heavy atom. The average molecular weight is 683 g/mol. The van der Waals surface area contributed by atoms with Gasteiger partial charge in [-0.1, -0.05) is 206 Å². The van der Waals surface area contributed by atoms with Crippen LogP contribution in [0, 0.1) is 0 Å². The number of hydrogen-bond acceptors (Lipinski definition) is 0. The Morgan fingerprint density at radius 1 is 0.167 bits per heavy atom. The SMILES string of the molecule is c1ccc(-c2cccc3c(-c4ccc5ccc6c(-c7ccc(-c8cccc9ccccc89)cc7)ccc7ccc4c5c76)ccc(-c4ccccc4)c23)cc1. The van der Waals surface area contributed by atoms with E-state index < -0.39 is 0 Å². The fourth-order valence-corrected chi connectivity index (χ4v) is 8.95. The summed E-state index contributed by atoms with van der Waals surface area (Å²) in [4.78, 5) is 0. The van der Waals surface area contributed by atoms with E-state index in [4.69, 9.17) is 0 Å². The number of hydrogen-bond donors (Lipinski definition) is 0. The zero-order valence-electron chi connectivity index (χ0n) is 29.6. The Bertz CT molecular complexity index is 3120. The fraction of sp³-hybridized carbons (Fsp3) is 0. The number of rotatable bonds is 5. The third-order valence-electron chi connectivity index (χ3n) is 11.5. The first-order valence-corrected chi connectivity index (χ1v) is 18.8. The molecule has 0 unspecified atom stereocenters. The van der Waals surface area contributed by atoms with Crippen LogP contribution in [0.2, 0.25) is 0 Å². The van der Waals surface area contributed by atoms with Gasteiger partial charge in [0.15, 0.2) is 0 Å². The van der Waals surface area contributed by atoms with Crippen molar-refractivity contribution in [2.45, 2.75) is 0 Å². The van der Waals surface area contributed by atoms with Crippen molar-refractivity contribution in [3.8, 4) is 55.6 Å². The van der Waals surface area contributed by atoms with Gasteiger partial charge in [0.2, 0.25) is 0 Å². The molecule has 0 fully saturated rings. The van der Waals surface area contributed by atoms with Gasteiger partial charge in [0.1, 0.15) is 0 Å². The minimum Gasteiger partial charge on any atom is -0.0622 e. The molecule has 0 aromatic heterocycles. The lowest BCUT2D eigenvalue weighted by Gasteiger charge is -2.19. The zero-order valence-corrected chi connectivity index (χ0v) is 29.6. The van der Waals surface area contributed by atoms with Crippen LogP contribution >= 0.6 is 0 Å². The molecule has 0 nitrogen and oxygen atoms in total. The van der Waals surface area contributed by atoms with Crippen LogP contribution in [0.3, 0.4) is 0 Å². The van der Waals surface area contributed by atoms with Gasteiger partial charge in [-0.15, -0.1) is 0 Å². The summed E-state index contributed by atoms with van der Waals surface area (Å²) in [7, 11) is 0. The first-order valence-electron chi connectivity index (χ1n) is 18.8. The normalized spacial score (nSPS) is 11.7. The maximum Gasteiger partial charge on any atom is -0.00203 e.